The second kappa shape index (κ2) is 11.3. The number of hydrogen-bond acceptors (Lipinski definition) is 6. The average molecular weight is 471 g/mol. The van der Waals surface area contributed by atoms with Gasteiger partial charge in [0.2, 0.25) is 5.88 Å². The predicted molar refractivity (Wildman–Crippen MR) is 119 cm³/mol. The van der Waals surface area contributed by atoms with Gasteiger partial charge in [-0.15, -0.1) is 0 Å². The molecule has 0 aliphatic carbocycles. The van der Waals surface area contributed by atoms with Crippen LogP contribution in [0.15, 0.2) is 36.5 Å². The van der Waals surface area contributed by atoms with Crippen molar-refractivity contribution in [3.8, 4) is 17.4 Å². The molecule has 0 unspecified atom stereocenters. The molecule has 0 aliphatic heterocycles. The molecule has 0 saturated carbocycles. The van der Waals surface area contributed by atoms with E-state index in [1.165, 1.54) is 6.20 Å². The summed E-state index contributed by atoms with van der Waals surface area (Å²) in [4.78, 5) is 16.4. The molecule has 9 nitrogen and oxygen atoms in total. The molecule has 0 bridgehead atoms. The van der Waals surface area contributed by atoms with Crippen LogP contribution >= 0.6 is 11.6 Å². The zero-order valence-electron chi connectivity index (χ0n) is 17.7. The summed E-state index contributed by atoms with van der Waals surface area (Å²) in [6.45, 7) is 6.68. The van der Waals surface area contributed by atoms with Crippen LogP contribution in [-0.4, -0.2) is 49.9 Å². The predicted octanol–water partition coefficient (Wildman–Crippen LogP) is 2.82. The molecule has 0 fully saturated rings. The topological polar surface area (TPSA) is 124 Å². The number of nitrogens with zero attached hydrogens (tertiary/aromatic N) is 2. The van der Waals surface area contributed by atoms with Crippen molar-refractivity contribution in [2.75, 3.05) is 26.2 Å². The molecule has 2 aromatic rings. The van der Waals surface area contributed by atoms with Crippen molar-refractivity contribution < 1.29 is 22.7 Å². The highest BCUT2D eigenvalue weighted by Gasteiger charge is 2.15. The van der Waals surface area contributed by atoms with Crippen LogP contribution in [0.2, 0.25) is 5.02 Å². The van der Waals surface area contributed by atoms with Crippen molar-refractivity contribution in [3.05, 3.63) is 47.1 Å². The van der Waals surface area contributed by atoms with Crippen LogP contribution in [0.1, 0.15) is 31.1 Å². The Morgan fingerprint density at radius 3 is 2.48 bits per heavy atom. The maximum absolute atomic E-state index is 12.2. The molecule has 0 radical (unpaired) electrons. The van der Waals surface area contributed by atoms with Gasteiger partial charge in [0.15, 0.2) is 0 Å². The van der Waals surface area contributed by atoms with Gasteiger partial charge in [-0.2, -0.15) is 12.7 Å². The third-order valence-corrected chi connectivity index (χ3v) is 5.48. The number of halogens is 1. The van der Waals surface area contributed by atoms with Crippen molar-refractivity contribution in [1.82, 2.24) is 14.6 Å². The molecule has 0 saturated heterocycles. The smallest absolute Gasteiger partial charge is 0.276 e. The van der Waals surface area contributed by atoms with E-state index in [-0.39, 0.29) is 25.5 Å². The van der Waals surface area contributed by atoms with Crippen molar-refractivity contribution in [3.63, 3.8) is 0 Å². The second-order valence-electron chi connectivity index (χ2n) is 7.08. The monoisotopic (exact) mass is 470 g/mol. The fourth-order valence-electron chi connectivity index (χ4n) is 2.49. The zero-order chi connectivity index (χ0) is 23.0. The van der Waals surface area contributed by atoms with Gasteiger partial charge in [0.05, 0.1) is 12.8 Å². The molecule has 31 heavy (non-hydrogen) atoms. The highest BCUT2D eigenvalue weighted by Crippen LogP contribution is 2.29. The number of nitrogens with two attached hydrogens (primary N) is 1. The highest BCUT2D eigenvalue weighted by atomic mass is 35.5. The molecule has 2 rings (SSSR count). The lowest BCUT2D eigenvalue weighted by atomic mass is 10.2. The Bertz CT molecular complexity index is 984. The lowest BCUT2D eigenvalue weighted by Gasteiger charge is -2.17. The number of aromatic nitrogens is 1. The van der Waals surface area contributed by atoms with Gasteiger partial charge in [-0.1, -0.05) is 32.4 Å². The zero-order valence-corrected chi connectivity index (χ0v) is 19.2. The quantitative estimate of drug-likeness (QED) is 0.520. The largest absolute Gasteiger partial charge is 0.476 e. The number of benzene rings is 1. The van der Waals surface area contributed by atoms with E-state index in [4.69, 9.17) is 26.2 Å². The standard InChI is InChI=1S/C20H27ClN4O5S/c1-4-25(31(22,27)28)10-9-23-19(26)15-5-7-16(8-6-15)30-17-11-18(21)20(24-12-17)29-13-14(2)3/h5-8,11-12,14H,4,9-10,13H2,1-3H3,(H,23,26)(H2,22,27,28). The van der Waals surface area contributed by atoms with Crippen LogP contribution in [0.25, 0.3) is 0 Å². The van der Waals surface area contributed by atoms with E-state index in [0.717, 1.165) is 4.31 Å². The minimum atomic E-state index is -3.78. The average Bonchev–Trinajstić information content (AvgIpc) is 2.70. The Morgan fingerprint density at radius 2 is 1.94 bits per heavy atom. The summed E-state index contributed by atoms with van der Waals surface area (Å²) in [5.74, 6) is 1.29. The van der Waals surface area contributed by atoms with Crippen molar-refractivity contribution in [1.29, 1.82) is 0 Å². The summed E-state index contributed by atoms with van der Waals surface area (Å²) in [6, 6.07) is 8.06. The number of hydrogen-bond donors (Lipinski definition) is 2. The molecule has 3 N–H and O–H groups in total. The van der Waals surface area contributed by atoms with Crippen molar-refractivity contribution in [2.24, 2.45) is 11.1 Å². The Hall–Kier alpha value is -2.40. The number of rotatable bonds is 11. The number of carbonyl (C=O) groups is 1. The van der Waals surface area contributed by atoms with Crippen LogP contribution in [-0.2, 0) is 10.2 Å². The van der Waals surface area contributed by atoms with Crippen LogP contribution in [0, 0.1) is 5.92 Å². The molecule has 1 aromatic carbocycles. The summed E-state index contributed by atoms with van der Waals surface area (Å²) in [6.07, 6.45) is 1.51. The molecule has 0 atom stereocenters. The first-order chi connectivity index (χ1) is 14.6. The van der Waals surface area contributed by atoms with Crippen LogP contribution < -0.4 is 19.9 Å². The van der Waals surface area contributed by atoms with Gasteiger partial charge in [-0.25, -0.2) is 10.1 Å². The van der Waals surface area contributed by atoms with Gasteiger partial charge in [-0.3, -0.25) is 4.79 Å². The van der Waals surface area contributed by atoms with Gasteiger partial charge in [-0.05, 0) is 30.2 Å². The van der Waals surface area contributed by atoms with Crippen LogP contribution in [0.4, 0.5) is 0 Å². The summed E-state index contributed by atoms with van der Waals surface area (Å²) in [7, 11) is -3.78. The van der Waals surface area contributed by atoms with E-state index in [9.17, 15) is 13.2 Å². The Morgan fingerprint density at radius 1 is 1.26 bits per heavy atom. The second-order valence-corrected chi connectivity index (χ2v) is 9.04. The summed E-state index contributed by atoms with van der Waals surface area (Å²) in [5, 5.41) is 8.09. The van der Waals surface area contributed by atoms with Crippen LogP contribution in [0.5, 0.6) is 17.4 Å². The first-order valence-electron chi connectivity index (χ1n) is 9.72. The van der Waals surface area contributed by atoms with E-state index in [1.807, 2.05) is 13.8 Å². The van der Waals surface area contributed by atoms with E-state index in [2.05, 4.69) is 10.3 Å². The first-order valence-corrected chi connectivity index (χ1v) is 11.6. The number of pyridine rings is 1. The fourth-order valence-corrected chi connectivity index (χ4v) is 3.40. The lowest BCUT2D eigenvalue weighted by molar-refractivity contribution is 0.0951. The minimum absolute atomic E-state index is 0.0902. The normalized spacial score (nSPS) is 11.6. The van der Waals surface area contributed by atoms with Crippen molar-refractivity contribution >= 4 is 27.7 Å². The minimum Gasteiger partial charge on any atom is -0.476 e. The maximum Gasteiger partial charge on any atom is 0.276 e. The third-order valence-electron chi connectivity index (χ3n) is 4.05. The molecule has 1 heterocycles. The summed E-state index contributed by atoms with van der Waals surface area (Å²) >= 11 is 6.19. The number of ether oxygens (including phenoxy) is 2. The molecule has 170 valence electrons. The lowest BCUT2D eigenvalue weighted by Crippen LogP contribution is -2.41. The van der Waals surface area contributed by atoms with Gasteiger partial charge < -0.3 is 14.8 Å². The number of amides is 1. The molecule has 1 aromatic heterocycles. The molecule has 0 spiro atoms. The number of nitrogens with one attached hydrogen (secondary N) is 1. The SMILES string of the molecule is CCN(CCNC(=O)c1ccc(Oc2cnc(OCC(C)C)c(Cl)c2)cc1)S(N)(=O)=O. The third kappa shape index (κ3) is 7.98. The Labute approximate surface area is 187 Å². The van der Waals surface area contributed by atoms with Crippen molar-refractivity contribution in [2.45, 2.75) is 20.8 Å². The molecular weight excluding hydrogens is 444 g/mol. The summed E-state index contributed by atoms with van der Waals surface area (Å²) < 4.78 is 35.0. The van der Waals surface area contributed by atoms with Gasteiger partial charge in [0, 0.05) is 31.3 Å². The molecule has 0 aliphatic rings. The fraction of sp³-hybridized carbons (Fsp3) is 0.400. The van der Waals surface area contributed by atoms with E-state index < -0.39 is 10.2 Å². The molecular formula is C20H27ClN4O5S. The maximum atomic E-state index is 12.2. The summed E-state index contributed by atoms with van der Waals surface area (Å²) in [5.41, 5.74) is 0.402. The van der Waals surface area contributed by atoms with Gasteiger partial charge >= 0.3 is 0 Å². The van der Waals surface area contributed by atoms with E-state index in [0.29, 0.717) is 40.5 Å². The first kappa shape index (κ1) is 24.9. The molecule has 1 amide bonds. The Balaban J connectivity index is 1.91. The number of likely N-dealkylation sites (N-methyl/N-ethyl adjacent to an activating group) is 1. The van der Waals surface area contributed by atoms with Gasteiger partial charge in [0.25, 0.3) is 16.1 Å². The highest BCUT2D eigenvalue weighted by molar-refractivity contribution is 7.86. The van der Waals surface area contributed by atoms with E-state index >= 15 is 0 Å². The van der Waals surface area contributed by atoms with Gasteiger partial charge in [0.1, 0.15) is 16.5 Å². The van der Waals surface area contributed by atoms with E-state index in [1.54, 1.807) is 37.3 Å². The Kier molecular flexibility index (Phi) is 9.05. The van der Waals surface area contributed by atoms with Crippen LogP contribution in [0.3, 0.4) is 0 Å². The number of carbonyl (C=O) groups excluding carboxylic acids is 1. The molecule has 11 heteroatoms.